The summed E-state index contributed by atoms with van der Waals surface area (Å²) in [5, 5.41) is 0. The Balaban J connectivity index is 2.19. The highest BCUT2D eigenvalue weighted by molar-refractivity contribution is 7.87. The first-order chi connectivity index (χ1) is 6.86. The maximum atomic E-state index is 13.3. The Kier molecular flexibility index (Phi) is 3.30. The van der Waals surface area contributed by atoms with Gasteiger partial charge in [-0.25, -0.2) is 8.75 Å². The first kappa shape index (κ1) is 9.84. The van der Waals surface area contributed by atoms with Crippen molar-refractivity contribution in [2.45, 2.75) is 19.3 Å². The zero-order chi connectivity index (χ0) is 9.80. The van der Waals surface area contributed by atoms with Crippen molar-refractivity contribution in [3.8, 4) is 0 Å². The van der Waals surface area contributed by atoms with E-state index in [4.69, 9.17) is 0 Å². The quantitative estimate of drug-likeness (QED) is 0.674. The summed E-state index contributed by atoms with van der Waals surface area (Å²) in [5.41, 5.74) is 0.540. The molecule has 0 unspecified atom stereocenters. The number of rotatable bonds is 1. The first-order valence-electron chi connectivity index (χ1n) is 5.00. The summed E-state index contributed by atoms with van der Waals surface area (Å²) in [6, 6.07) is 6.79. The normalized spacial score (nSPS) is 18.1. The van der Waals surface area contributed by atoms with Crippen molar-refractivity contribution in [2.24, 2.45) is 4.36 Å². The Morgan fingerprint density at radius 2 is 1.79 bits per heavy atom. The molecule has 1 saturated heterocycles. The molecule has 76 valence electrons. The zero-order valence-corrected chi connectivity index (χ0v) is 8.89. The fourth-order valence-electron chi connectivity index (χ4n) is 1.57. The molecule has 0 N–H and O–H groups in total. The molecule has 0 atom stereocenters. The summed E-state index contributed by atoms with van der Waals surface area (Å²) in [6.45, 7) is 0. The van der Waals surface area contributed by atoms with Crippen LogP contribution in [0.25, 0.3) is 0 Å². The standard InChI is InChI=1S/C11H14FNS/c12-10-6-2-3-7-11(10)13-14-8-4-1-5-9-14/h2-3,6-7H,1,4-5,8-9H2. The van der Waals surface area contributed by atoms with E-state index in [9.17, 15) is 4.39 Å². The minimum atomic E-state index is -0.189. The predicted molar refractivity (Wildman–Crippen MR) is 59.4 cm³/mol. The van der Waals surface area contributed by atoms with Crippen molar-refractivity contribution in [3.05, 3.63) is 30.1 Å². The van der Waals surface area contributed by atoms with Gasteiger partial charge in [0.25, 0.3) is 0 Å². The van der Waals surface area contributed by atoms with Crippen LogP contribution in [0.5, 0.6) is 0 Å². The molecule has 1 aromatic rings. The second kappa shape index (κ2) is 4.69. The molecule has 14 heavy (non-hydrogen) atoms. The molecular formula is C11H14FNS. The van der Waals surface area contributed by atoms with Crippen LogP contribution in [0.2, 0.25) is 0 Å². The molecule has 1 heterocycles. The number of hydrogen-bond acceptors (Lipinski definition) is 1. The molecule has 1 aromatic carbocycles. The fraction of sp³-hybridized carbons (Fsp3) is 0.455. The van der Waals surface area contributed by atoms with Gasteiger partial charge in [0.1, 0.15) is 11.5 Å². The van der Waals surface area contributed by atoms with E-state index in [1.807, 2.05) is 6.07 Å². The molecule has 0 aromatic heterocycles. The molecule has 2 rings (SSSR count). The Morgan fingerprint density at radius 3 is 2.50 bits per heavy atom. The van der Waals surface area contributed by atoms with Crippen LogP contribution in [-0.2, 0) is 10.7 Å². The van der Waals surface area contributed by atoms with Gasteiger partial charge in [0, 0.05) is 11.5 Å². The largest absolute Gasteiger partial charge is 0.225 e. The van der Waals surface area contributed by atoms with E-state index >= 15 is 0 Å². The zero-order valence-electron chi connectivity index (χ0n) is 8.08. The summed E-state index contributed by atoms with van der Waals surface area (Å²) < 4.78 is 17.7. The van der Waals surface area contributed by atoms with Crippen molar-refractivity contribution >= 4 is 16.4 Å². The molecule has 3 heteroatoms. The molecule has 1 aliphatic rings. The van der Waals surface area contributed by atoms with Crippen molar-refractivity contribution in [3.63, 3.8) is 0 Å². The van der Waals surface area contributed by atoms with Gasteiger partial charge in [-0.3, -0.25) is 0 Å². The topological polar surface area (TPSA) is 12.4 Å². The third kappa shape index (κ3) is 2.41. The van der Waals surface area contributed by atoms with Crippen molar-refractivity contribution < 1.29 is 4.39 Å². The average molecular weight is 211 g/mol. The van der Waals surface area contributed by atoms with Gasteiger partial charge in [-0.1, -0.05) is 29.2 Å². The molecule has 1 nitrogen and oxygen atoms in total. The summed E-state index contributed by atoms with van der Waals surface area (Å²) in [7, 11) is 0.0791. The van der Waals surface area contributed by atoms with Crippen molar-refractivity contribution in [1.29, 1.82) is 0 Å². The van der Waals surface area contributed by atoms with E-state index < -0.39 is 0 Å². The lowest BCUT2D eigenvalue weighted by atomic mass is 10.3. The van der Waals surface area contributed by atoms with Crippen LogP contribution in [0.1, 0.15) is 19.3 Å². The minimum absolute atomic E-state index is 0.0791. The van der Waals surface area contributed by atoms with Gasteiger partial charge in [-0.15, -0.1) is 0 Å². The Morgan fingerprint density at radius 1 is 1.07 bits per heavy atom. The molecule has 1 fully saturated rings. The lowest BCUT2D eigenvalue weighted by molar-refractivity contribution is 0.630. The molecule has 0 spiro atoms. The summed E-state index contributed by atoms with van der Waals surface area (Å²) in [6.07, 6.45) is 3.82. The average Bonchev–Trinajstić information content (AvgIpc) is 2.23. The van der Waals surface area contributed by atoms with E-state index in [-0.39, 0.29) is 16.5 Å². The maximum absolute atomic E-state index is 13.3. The minimum Gasteiger partial charge on any atom is -0.225 e. The summed E-state index contributed by atoms with van der Waals surface area (Å²) >= 11 is 0. The van der Waals surface area contributed by atoms with Gasteiger partial charge >= 0.3 is 0 Å². The third-order valence-corrected chi connectivity index (χ3v) is 4.31. The molecule has 1 aliphatic heterocycles. The molecule has 0 radical (unpaired) electrons. The van der Waals surface area contributed by atoms with Gasteiger partial charge < -0.3 is 0 Å². The van der Waals surface area contributed by atoms with Crippen molar-refractivity contribution in [1.82, 2.24) is 0 Å². The monoisotopic (exact) mass is 211 g/mol. The van der Waals surface area contributed by atoms with Crippen LogP contribution in [0.15, 0.2) is 28.6 Å². The van der Waals surface area contributed by atoms with E-state index in [0.717, 1.165) is 11.5 Å². The maximum Gasteiger partial charge on any atom is 0.149 e. The van der Waals surface area contributed by atoms with Crippen LogP contribution in [0.4, 0.5) is 10.1 Å². The van der Waals surface area contributed by atoms with Gasteiger partial charge in [-0.05, 0) is 25.0 Å². The van der Waals surface area contributed by atoms with Crippen LogP contribution in [-0.4, -0.2) is 11.5 Å². The summed E-state index contributed by atoms with van der Waals surface area (Å²) in [4.78, 5) is 0. The van der Waals surface area contributed by atoms with E-state index in [1.54, 1.807) is 12.1 Å². The highest BCUT2D eigenvalue weighted by Gasteiger charge is 2.06. The third-order valence-electron chi connectivity index (χ3n) is 2.34. The van der Waals surface area contributed by atoms with Crippen LogP contribution >= 0.6 is 0 Å². The van der Waals surface area contributed by atoms with Gasteiger partial charge in [0.15, 0.2) is 0 Å². The number of hydrogen-bond donors (Lipinski definition) is 0. The van der Waals surface area contributed by atoms with Crippen molar-refractivity contribution in [2.75, 3.05) is 11.5 Å². The Hall–Kier alpha value is -0.700. The van der Waals surface area contributed by atoms with Gasteiger partial charge in [-0.2, -0.15) is 0 Å². The second-order valence-electron chi connectivity index (χ2n) is 3.47. The molecule has 0 aliphatic carbocycles. The predicted octanol–water partition coefficient (Wildman–Crippen LogP) is 3.44. The van der Waals surface area contributed by atoms with E-state index in [1.165, 1.54) is 25.3 Å². The number of halogens is 1. The lowest BCUT2D eigenvalue weighted by Gasteiger charge is -2.13. The smallest absolute Gasteiger partial charge is 0.149 e. The Labute approximate surface area is 86.4 Å². The highest BCUT2D eigenvalue weighted by Crippen LogP contribution is 2.20. The Bertz CT molecular complexity index is 341. The SMILES string of the molecule is Fc1ccccc1N=S1CCCCC1. The molecule has 0 bridgehead atoms. The van der Waals surface area contributed by atoms with E-state index in [2.05, 4.69) is 4.36 Å². The first-order valence-corrected chi connectivity index (χ1v) is 6.52. The molecular weight excluding hydrogens is 197 g/mol. The van der Waals surface area contributed by atoms with Crippen LogP contribution in [0, 0.1) is 5.82 Å². The van der Waals surface area contributed by atoms with Gasteiger partial charge in [0.05, 0.1) is 0 Å². The van der Waals surface area contributed by atoms with Crippen LogP contribution in [0.3, 0.4) is 0 Å². The fourth-order valence-corrected chi connectivity index (χ4v) is 3.46. The number of benzene rings is 1. The van der Waals surface area contributed by atoms with E-state index in [0.29, 0.717) is 5.69 Å². The number of nitrogens with zero attached hydrogens (tertiary/aromatic N) is 1. The lowest BCUT2D eigenvalue weighted by Crippen LogP contribution is -2.08. The molecule has 0 amide bonds. The van der Waals surface area contributed by atoms with Crippen LogP contribution < -0.4 is 0 Å². The highest BCUT2D eigenvalue weighted by atomic mass is 32.2. The van der Waals surface area contributed by atoms with Gasteiger partial charge in [0.2, 0.25) is 0 Å². The molecule has 0 saturated carbocycles. The summed E-state index contributed by atoms with van der Waals surface area (Å²) in [5.74, 6) is 2.11. The second-order valence-corrected chi connectivity index (χ2v) is 5.40.